The third-order valence-electron chi connectivity index (χ3n) is 4.79. The number of rotatable bonds is 7. The number of anilines is 1. The minimum Gasteiger partial charge on any atom is -0.322 e. The van der Waals surface area contributed by atoms with E-state index in [-0.39, 0.29) is 5.91 Å². The number of hydrogen-bond acceptors (Lipinski definition) is 3. The first kappa shape index (κ1) is 19.8. The molecule has 0 aliphatic heterocycles. The van der Waals surface area contributed by atoms with Crippen molar-refractivity contribution in [3.05, 3.63) is 77.1 Å². The quantitative estimate of drug-likeness (QED) is 0.675. The highest BCUT2D eigenvalue weighted by Crippen LogP contribution is 2.18. The van der Waals surface area contributed by atoms with E-state index in [9.17, 15) is 4.79 Å². The van der Waals surface area contributed by atoms with Gasteiger partial charge in [-0.15, -0.1) is 0 Å². The van der Waals surface area contributed by atoms with Gasteiger partial charge in [-0.05, 0) is 63.7 Å². The van der Waals surface area contributed by atoms with Crippen LogP contribution >= 0.6 is 0 Å². The van der Waals surface area contributed by atoms with Gasteiger partial charge in [0.05, 0.1) is 23.1 Å². The Labute approximate surface area is 167 Å². The standard InChI is InChI=1S/C23H28N4O/c1-5-22-21(16-24-27(22)20-12-6-17(2)7-13-20)23(28)25-19-10-8-18(9-11-19)14-15-26(3)4/h6-13,16H,5,14-15H2,1-4H3,(H,25,28). The molecule has 0 saturated heterocycles. The Morgan fingerprint density at radius 3 is 2.36 bits per heavy atom. The van der Waals surface area contributed by atoms with Crippen molar-refractivity contribution in [3.63, 3.8) is 0 Å². The number of aryl methyl sites for hydroxylation is 1. The molecule has 1 heterocycles. The SMILES string of the molecule is CCc1c(C(=O)Nc2ccc(CCN(C)C)cc2)cnn1-c1ccc(C)cc1. The summed E-state index contributed by atoms with van der Waals surface area (Å²) < 4.78 is 1.85. The fourth-order valence-corrected chi connectivity index (χ4v) is 3.12. The molecule has 0 bridgehead atoms. The number of likely N-dealkylation sites (N-methyl/N-ethyl adjacent to an activating group) is 1. The predicted octanol–water partition coefficient (Wildman–Crippen LogP) is 4.10. The summed E-state index contributed by atoms with van der Waals surface area (Å²) in [6.07, 6.45) is 3.37. The molecule has 0 spiro atoms. The lowest BCUT2D eigenvalue weighted by Crippen LogP contribution is -2.15. The van der Waals surface area contributed by atoms with Crippen LogP contribution in [-0.4, -0.2) is 41.2 Å². The van der Waals surface area contributed by atoms with E-state index in [2.05, 4.69) is 48.5 Å². The van der Waals surface area contributed by atoms with E-state index in [1.165, 1.54) is 11.1 Å². The van der Waals surface area contributed by atoms with Crippen LogP contribution < -0.4 is 5.32 Å². The molecule has 0 fully saturated rings. The van der Waals surface area contributed by atoms with Gasteiger partial charge in [0.25, 0.3) is 5.91 Å². The van der Waals surface area contributed by atoms with Crippen LogP contribution in [0.15, 0.2) is 54.7 Å². The Morgan fingerprint density at radius 2 is 1.75 bits per heavy atom. The maximum absolute atomic E-state index is 12.8. The summed E-state index contributed by atoms with van der Waals surface area (Å²) in [5, 5.41) is 7.45. The highest BCUT2D eigenvalue weighted by molar-refractivity contribution is 6.05. The molecule has 0 unspecified atom stereocenters. The van der Waals surface area contributed by atoms with Gasteiger partial charge < -0.3 is 10.2 Å². The maximum atomic E-state index is 12.8. The van der Waals surface area contributed by atoms with E-state index < -0.39 is 0 Å². The largest absolute Gasteiger partial charge is 0.322 e. The Hall–Kier alpha value is -2.92. The van der Waals surface area contributed by atoms with Crippen molar-refractivity contribution < 1.29 is 4.79 Å². The molecule has 0 saturated carbocycles. The highest BCUT2D eigenvalue weighted by Gasteiger charge is 2.17. The fourth-order valence-electron chi connectivity index (χ4n) is 3.12. The van der Waals surface area contributed by atoms with Crippen LogP contribution in [0.2, 0.25) is 0 Å². The molecule has 0 aliphatic carbocycles. The molecular formula is C23H28N4O. The van der Waals surface area contributed by atoms with Crippen molar-refractivity contribution in [3.8, 4) is 5.69 Å². The van der Waals surface area contributed by atoms with Crippen molar-refractivity contribution in [1.29, 1.82) is 0 Å². The molecule has 3 rings (SSSR count). The van der Waals surface area contributed by atoms with E-state index in [1.807, 2.05) is 48.0 Å². The second kappa shape index (κ2) is 8.85. The zero-order chi connectivity index (χ0) is 20.1. The predicted molar refractivity (Wildman–Crippen MR) is 114 cm³/mol. The van der Waals surface area contributed by atoms with Crippen LogP contribution in [0.1, 0.15) is 34.1 Å². The molecule has 1 amide bonds. The van der Waals surface area contributed by atoms with E-state index >= 15 is 0 Å². The summed E-state index contributed by atoms with van der Waals surface area (Å²) >= 11 is 0. The summed E-state index contributed by atoms with van der Waals surface area (Å²) in [4.78, 5) is 15.0. The van der Waals surface area contributed by atoms with Crippen LogP contribution in [-0.2, 0) is 12.8 Å². The van der Waals surface area contributed by atoms with Crippen LogP contribution in [0.4, 0.5) is 5.69 Å². The second-order valence-corrected chi connectivity index (χ2v) is 7.31. The lowest BCUT2D eigenvalue weighted by atomic mass is 10.1. The first-order valence-electron chi connectivity index (χ1n) is 9.67. The summed E-state index contributed by atoms with van der Waals surface area (Å²) in [5.74, 6) is -0.128. The third-order valence-corrected chi connectivity index (χ3v) is 4.79. The van der Waals surface area contributed by atoms with Gasteiger partial charge in [0.1, 0.15) is 0 Å². The molecule has 28 heavy (non-hydrogen) atoms. The number of carbonyl (C=O) groups excluding carboxylic acids is 1. The Kier molecular flexibility index (Phi) is 6.26. The van der Waals surface area contributed by atoms with Crippen molar-refractivity contribution in [2.24, 2.45) is 0 Å². The topological polar surface area (TPSA) is 50.2 Å². The van der Waals surface area contributed by atoms with Gasteiger partial charge in [-0.2, -0.15) is 5.10 Å². The van der Waals surface area contributed by atoms with E-state index in [0.717, 1.165) is 36.5 Å². The van der Waals surface area contributed by atoms with E-state index in [1.54, 1.807) is 6.20 Å². The number of benzene rings is 2. The number of nitrogens with zero attached hydrogens (tertiary/aromatic N) is 3. The zero-order valence-electron chi connectivity index (χ0n) is 17.1. The number of nitrogens with one attached hydrogen (secondary N) is 1. The Morgan fingerprint density at radius 1 is 1.07 bits per heavy atom. The average Bonchev–Trinajstić information content (AvgIpc) is 3.12. The molecule has 5 heteroatoms. The van der Waals surface area contributed by atoms with E-state index in [4.69, 9.17) is 0 Å². The molecular weight excluding hydrogens is 348 g/mol. The number of hydrogen-bond donors (Lipinski definition) is 1. The smallest absolute Gasteiger partial charge is 0.259 e. The monoisotopic (exact) mass is 376 g/mol. The van der Waals surface area contributed by atoms with Gasteiger partial charge in [0.15, 0.2) is 0 Å². The number of aromatic nitrogens is 2. The average molecular weight is 377 g/mol. The molecule has 0 radical (unpaired) electrons. The lowest BCUT2D eigenvalue weighted by molar-refractivity contribution is 0.102. The van der Waals surface area contributed by atoms with Crippen LogP contribution in [0.25, 0.3) is 5.69 Å². The summed E-state index contributed by atoms with van der Waals surface area (Å²) in [6.45, 7) is 5.10. The fraction of sp³-hybridized carbons (Fsp3) is 0.304. The van der Waals surface area contributed by atoms with Crippen molar-refractivity contribution in [2.75, 3.05) is 26.0 Å². The third kappa shape index (κ3) is 4.67. The second-order valence-electron chi connectivity index (χ2n) is 7.31. The van der Waals surface area contributed by atoms with Crippen LogP contribution in [0.3, 0.4) is 0 Å². The lowest BCUT2D eigenvalue weighted by Gasteiger charge is -2.11. The molecule has 2 aromatic carbocycles. The molecule has 5 nitrogen and oxygen atoms in total. The van der Waals surface area contributed by atoms with Crippen molar-refractivity contribution in [2.45, 2.75) is 26.7 Å². The molecule has 0 aliphatic rings. The number of amides is 1. The molecule has 3 aromatic rings. The minimum absolute atomic E-state index is 0.128. The van der Waals surface area contributed by atoms with Crippen molar-refractivity contribution >= 4 is 11.6 Å². The summed E-state index contributed by atoms with van der Waals surface area (Å²) in [5.41, 5.74) is 5.73. The normalized spacial score (nSPS) is 11.0. The van der Waals surface area contributed by atoms with Gasteiger partial charge in [-0.1, -0.05) is 36.8 Å². The van der Waals surface area contributed by atoms with Crippen molar-refractivity contribution in [1.82, 2.24) is 14.7 Å². The highest BCUT2D eigenvalue weighted by atomic mass is 16.1. The van der Waals surface area contributed by atoms with Gasteiger partial charge in [-0.3, -0.25) is 4.79 Å². The summed E-state index contributed by atoms with van der Waals surface area (Å²) in [6, 6.07) is 16.2. The first-order valence-corrected chi connectivity index (χ1v) is 9.67. The van der Waals surface area contributed by atoms with Gasteiger partial charge in [-0.25, -0.2) is 4.68 Å². The first-order chi connectivity index (χ1) is 13.5. The molecule has 1 N–H and O–H groups in total. The van der Waals surface area contributed by atoms with E-state index in [0.29, 0.717) is 5.56 Å². The summed E-state index contributed by atoms with van der Waals surface area (Å²) in [7, 11) is 4.13. The minimum atomic E-state index is -0.128. The number of carbonyl (C=O) groups is 1. The Balaban J connectivity index is 1.75. The van der Waals surface area contributed by atoms with Crippen LogP contribution in [0, 0.1) is 6.92 Å². The van der Waals surface area contributed by atoms with Gasteiger partial charge in [0, 0.05) is 12.2 Å². The Bertz CT molecular complexity index is 924. The van der Waals surface area contributed by atoms with Crippen LogP contribution in [0.5, 0.6) is 0 Å². The molecule has 146 valence electrons. The van der Waals surface area contributed by atoms with Gasteiger partial charge in [0.2, 0.25) is 0 Å². The van der Waals surface area contributed by atoms with Gasteiger partial charge >= 0.3 is 0 Å². The zero-order valence-corrected chi connectivity index (χ0v) is 17.1. The molecule has 0 atom stereocenters. The molecule has 1 aromatic heterocycles. The maximum Gasteiger partial charge on any atom is 0.259 e.